The molecule has 0 bridgehead atoms. The van der Waals surface area contributed by atoms with Gasteiger partial charge in [-0.3, -0.25) is 10.1 Å². The van der Waals surface area contributed by atoms with E-state index >= 15 is 0 Å². The fourth-order valence-corrected chi connectivity index (χ4v) is 1.84. The lowest BCUT2D eigenvalue weighted by molar-refractivity contribution is -0.388. The van der Waals surface area contributed by atoms with Crippen molar-refractivity contribution in [2.45, 2.75) is 6.36 Å². The van der Waals surface area contributed by atoms with E-state index in [1.54, 1.807) is 0 Å². The summed E-state index contributed by atoms with van der Waals surface area (Å²) in [4.78, 5) is 9.76. The van der Waals surface area contributed by atoms with Crippen LogP contribution in [-0.2, 0) is 0 Å². The number of rotatable bonds is 3. The highest BCUT2D eigenvalue weighted by Crippen LogP contribution is 2.39. The van der Waals surface area contributed by atoms with Gasteiger partial charge in [-0.15, -0.1) is 13.2 Å². The Bertz CT molecular complexity index is 686. The zero-order valence-corrected chi connectivity index (χ0v) is 11.4. The molecule has 0 aliphatic rings. The quantitative estimate of drug-likeness (QED) is 0.464. The molecule has 6 nitrogen and oxygen atoms in total. The van der Waals surface area contributed by atoms with Crippen LogP contribution in [0.25, 0.3) is 6.08 Å². The molecule has 21 heavy (non-hydrogen) atoms. The van der Waals surface area contributed by atoms with E-state index < -0.39 is 22.7 Å². The van der Waals surface area contributed by atoms with Gasteiger partial charge < -0.3 is 4.74 Å². The number of allylic oxidation sites excluding steroid dienone is 1. The van der Waals surface area contributed by atoms with Crippen molar-refractivity contribution in [2.75, 3.05) is 0 Å². The fraction of sp³-hybridized carbons (Fsp3) is 0.0909. The third kappa shape index (κ3) is 4.47. The fourth-order valence-electron chi connectivity index (χ4n) is 1.29. The highest BCUT2D eigenvalue weighted by Gasteiger charge is 2.36. The Morgan fingerprint density at radius 2 is 1.95 bits per heavy atom. The Morgan fingerprint density at radius 1 is 1.38 bits per heavy atom. The third-order valence-electron chi connectivity index (χ3n) is 2.01. The number of ether oxygens (including phenoxy) is 1. The predicted molar refractivity (Wildman–Crippen MR) is 66.7 cm³/mol. The molecule has 0 amide bonds. The minimum absolute atomic E-state index is 0.00111. The van der Waals surface area contributed by atoms with Crippen molar-refractivity contribution >= 4 is 27.7 Å². The Morgan fingerprint density at radius 3 is 2.38 bits per heavy atom. The van der Waals surface area contributed by atoms with Crippen LogP contribution in [0.4, 0.5) is 18.9 Å². The van der Waals surface area contributed by atoms with Crippen LogP contribution in [-0.4, -0.2) is 11.3 Å². The molecule has 0 aliphatic carbocycles. The Hall–Kier alpha value is -2.59. The first-order valence-electron chi connectivity index (χ1n) is 4.93. The lowest BCUT2D eigenvalue weighted by atomic mass is 10.1. The van der Waals surface area contributed by atoms with Crippen molar-refractivity contribution in [3.63, 3.8) is 0 Å². The zero-order valence-electron chi connectivity index (χ0n) is 9.81. The molecule has 0 N–H and O–H groups in total. The first kappa shape index (κ1) is 16.5. The molecule has 0 unspecified atom stereocenters. The summed E-state index contributed by atoms with van der Waals surface area (Å²) in [6, 6.07) is 4.87. The van der Waals surface area contributed by atoms with Crippen LogP contribution in [0.15, 0.2) is 22.2 Å². The van der Waals surface area contributed by atoms with Crippen molar-refractivity contribution in [1.29, 1.82) is 10.5 Å². The van der Waals surface area contributed by atoms with Gasteiger partial charge in [0, 0.05) is 6.07 Å². The molecule has 108 valence electrons. The first-order valence-corrected chi connectivity index (χ1v) is 5.73. The molecule has 0 spiro atoms. The second-order valence-electron chi connectivity index (χ2n) is 3.44. The van der Waals surface area contributed by atoms with Gasteiger partial charge in [0.25, 0.3) is 0 Å². The van der Waals surface area contributed by atoms with Gasteiger partial charge in [-0.25, -0.2) is 0 Å². The summed E-state index contributed by atoms with van der Waals surface area (Å²) in [7, 11) is 0. The summed E-state index contributed by atoms with van der Waals surface area (Å²) in [5.41, 5.74) is -1.31. The van der Waals surface area contributed by atoms with Gasteiger partial charge in [-0.2, -0.15) is 10.5 Å². The number of benzene rings is 1. The predicted octanol–water partition coefficient (Wildman–Crippen LogP) is 3.69. The normalized spacial score (nSPS) is 10.2. The van der Waals surface area contributed by atoms with Gasteiger partial charge in [0.1, 0.15) is 17.7 Å². The van der Waals surface area contributed by atoms with Crippen LogP contribution in [0.3, 0.4) is 0 Å². The van der Waals surface area contributed by atoms with Gasteiger partial charge in [0.15, 0.2) is 0 Å². The summed E-state index contributed by atoms with van der Waals surface area (Å²) < 4.78 is 39.9. The monoisotopic (exact) mass is 361 g/mol. The first-order chi connectivity index (χ1) is 9.67. The number of nitro groups is 1. The second-order valence-corrected chi connectivity index (χ2v) is 4.29. The molecule has 10 heteroatoms. The number of nitriles is 2. The van der Waals surface area contributed by atoms with Crippen LogP contribution >= 0.6 is 15.9 Å². The molecule has 0 radical (unpaired) electrons. The van der Waals surface area contributed by atoms with Crippen LogP contribution in [0.2, 0.25) is 0 Å². The molecule has 0 heterocycles. The van der Waals surface area contributed by atoms with E-state index in [9.17, 15) is 23.3 Å². The molecule has 0 fully saturated rings. The SMILES string of the molecule is N#CC(C#N)=Cc1cc(Br)c(OC(F)(F)F)c([N+](=O)[O-])c1. The van der Waals surface area contributed by atoms with E-state index in [2.05, 4.69) is 20.7 Å². The van der Waals surface area contributed by atoms with Crippen molar-refractivity contribution in [2.24, 2.45) is 0 Å². The zero-order chi connectivity index (χ0) is 16.2. The van der Waals surface area contributed by atoms with Gasteiger partial charge in [-0.1, -0.05) is 0 Å². The average molecular weight is 362 g/mol. The van der Waals surface area contributed by atoms with Gasteiger partial charge >= 0.3 is 12.0 Å². The molecule has 1 rings (SSSR count). The standard InChI is InChI=1S/C11H3BrF3N3O3/c12-8-2-6(1-7(4-16)5-17)3-9(18(19)20)10(8)21-11(13,14)15/h1-3H. The topological polar surface area (TPSA) is 100.0 Å². The smallest absolute Gasteiger partial charge is 0.397 e. The maximum absolute atomic E-state index is 12.2. The lowest BCUT2D eigenvalue weighted by Gasteiger charge is -2.11. The second kappa shape index (κ2) is 6.24. The summed E-state index contributed by atoms with van der Waals surface area (Å²) in [6.07, 6.45) is -4.11. The van der Waals surface area contributed by atoms with Gasteiger partial charge in [-0.05, 0) is 33.6 Å². The Balaban J connectivity index is 3.46. The molecule has 0 saturated carbocycles. The summed E-state index contributed by atoms with van der Waals surface area (Å²) in [6.45, 7) is 0. The van der Waals surface area contributed by atoms with Crippen LogP contribution in [0.5, 0.6) is 5.75 Å². The summed E-state index contributed by atoms with van der Waals surface area (Å²) >= 11 is 2.73. The van der Waals surface area contributed by atoms with E-state index in [-0.39, 0.29) is 15.6 Å². The summed E-state index contributed by atoms with van der Waals surface area (Å²) in [5, 5.41) is 28.0. The van der Waals surface area contributed by atoms with Crippen molar-refractivity contribution in [3.8, 4) is 17.9 Å². The number of hydrogen-bond donors (Lipinski definition) is 0. The van der Waals surface area contributed by atoms with Crippen LogP contribution < -0.4 is 4.74 Å². The minimum atomic E-state index is -5.10. The lowest BCUT2D eigenvalue weighted by Crippen LogP contribution is -2.18. The van der Waals surface area contributed by atoms with Crippen molar-refractivity contribution < 1.29 is 22.8 Å². The van der Waals surface area contributed by atoms with Gasteiger partial charge in [0.2, 0.25) is 5.75 Å². The number of nitro benzene ring substituents is 1. The molecule has 0 atom stereocenters. The summed E-state index contributed by atoms with van der Waals surface area (Å²) in [5.74, 6) is -1.01. The number of alkyl halides is 3. The highest BCUT2D eigenvalue weighted by atomic mass is 79.9. The van der Waals surface area contributed by atoms with E-state index in [0.29, 0.717) is 0 Å². The highest BCUT2D eigenvalue weighted by molar-refractivity contribution is 9.10. The molecule has 0 aliphatic heterocycles. The van der Waals surface area contributed by atoms with E-state index in [4.69, 9.17) is 10.5 Å². The maximum atomic E-state index is 12.2. The molecule has 0 saturated heterocycles. The van der Waals surface area contributed by atoms with Crippen LogP contribution in [0, 0.1) is 32.8 Å². The van der Waals surface area contributed by atoms with Crippen molar-refractivity contribution in [3.05, 3.63) is 37.9 Å². The van der Waals surface area contributed by atoms with E-state index in [0.717, 1.165) is 18.2 Å². The van der Waals surface area contributed by atoms with E-state index in [1.807, 2.05) is 0 Å². The largest absolute Gasteiger partial charge is 0.573 e. The maximum Gasteiger partial charge on any atom is 0.573 e. The average Bonchev–Trinajstić information content (AvgIpc) is 2.36. The molecular weight excluding hydrogens is 359 g/mol. The number of hydrogen-bond acceptors (Lipinski definition) is 5. The molecule has 1 aromatic carbocycles. The molecule has 1 aromatic rings. The Kier molecular flexibility index (Phi) is 4.89. The van der Waals surface area contributed by atoms with Gasteiger partial charge in [0.05, 0.1) is 9.40 Å². The van der Waals surface area contributed by atoms with Crippen LogP contribution in [0.1, 0.15) is 5.56 Å². The minimum Gasteiger partial charge on any atom is -0.397 e. The van der Waals surface area contributed by atoms with Crippen molar-refractivity contribution in [1.82, 2.24) is 0 Å². The molecule has 0 aromatic heterocycles. The van der Waals surface area contributed by atoms with E-state index in [1.165, 1.54) is 12.1 Å². The number of halogens is 4. The third-order valence-corrected chi connectivity index (χ3v) is 2.60. The number of nitrogens with zero attached hydrogens (tertiary/aromatic N) is 3. The Labute approximate surface area is 123 Å². The molecular formula is C11H3BrF3N3O3.